The van der Waals surface area contributed by atoms with Gasteiger partial charge < -0.3 is 14.6 Å². The highest BCUT2D eigenvalue weighted by Crippen LogP contribution is 2.21. The number of hydrogen-bond acceptors (Lipinski definition) is 3. The second-order valence-electron chi connectivity index (χ2n) is 5.87. The van der Waals surface area contributed by atoms with E-state index in [4.69, 9.17) is 4.42 Å². The number of aryl methyl sites for hydroxylation is 2. The van der Waals surface area contributed by atoms with Gasteiger partial charge >= 0.3 is 0 Å². The van der Waals surface area contributed by atoms with Gasteiger partial charge in [0.2, 0.25) is 0 Å². The lowest BCUT2D eigenvalue weighted by Crippen LogP contribution is -2.22. The lowest BCUT2D eigenvalue weighted by atomic mass is 10.1. The summed E-state index contributed by atoms with van der Waals surface area (Å²) in [6.45, 7) is 6.77. The van der Waals surface area contributed by atoms with Crippen LogP contribution in [0.2, 0.25) is 0 Å². The van der Waals surface area contributed by atoms with Crippen LogP contribution in [0, 0.1) is 13.8 Å². The molecule has 0 unspecified atom stereocenters. The van der Waals surface area contributed by atoms with Crippen LogP contribution in [-0.2, 0) is 6.54 Å². The monoisotopic (exact) mass is 300 g/mol. The zero-order valence-corrected chi connectivity index (χ0v) is 13.9. The standard InChI is InChI=1S/C18H24N2O2/c1-12-9-17(14(3)22-12)13(2)19-11-15-7-6-8-16(10-15)18(21)20(4)5/h6-10,13,19H,11H2,1-5H3/t13-/m0/s1. The van der Waals surface area contributed by atoms with Gasteiger partial charge in [0.1, 0.15) is 11.5 Å². The Labute approximate surface area is 132 Å². The predicted molar refractivity (Wildman–Crippen MR) is 87.9 cm³/mol. The van der Waals surface area contributed by atoms with E-state index in [1.807, 2.05) is 38.1 Å². The van der Waals surface area contributed by atoms with Gasteiger partial charge in [-0.2, -0.15) is 0 Å². The first-order chi connectivity index (χ1) is 10.4. The van der Waals surface area contributed by atoms with Crippen LogP contribution in [0.5, 0.6) is 0 Å². The Kier molecular flexibility index (Phi) is 5.03. The van der Waals surface area contributed by atoms with Crippen LogP contribution >= 0.6 is 0 Å². The summed E-state index contributed by atoms with van der Waals surface area (Å²) in [7, 11) is 3.53. The quantitative estimate of drug-likeness (QED) is 0.920. The van der Waals surface area contributed by atoms with Crippen LogP contribution in [0.1, 0.15) is 46.0 Å². The number of hydrogen-bond donors (Lipinski definition) is 1. The number of amides is 1. The highest BCUT2D eigenvalue weighted by atomic mass is 16.3. The van der Waals surface area contributed by atoms with Gasteiger partial charge in [-0.3, -0.25) is 4.79 Å². The van der Waals surface area contributed by atoms with E-state index in [0.29, 0.717) is 12.1 Å². The fourth-order valence-electron chi connectivity index (χ4n) is 2.53. The summed E-state index contributed by atoms with van der Waals surface area (Å²) in [6, 6.07) is 10.0. The minimum atomic E-state index is 0.0243. The van der Waals surface area contributed by atoms with Crippen molar-refractivity contribution in [3.05, 3.63) is 58.5 Å². The maximum absolute atomic E-state index is 12.0. The van der Waals surface area contributed by atoms with Gasteiger partial charge in [0.15, 0.2) is 0 Å². The van der Waals surface area contributed by atoms with Gasteiger partial charge in [-0.1, -0.05) is 12.1 Å². The summed E-state index contributed by atoms with van der Waals surface area (Å²) in [5.41, 5.74) is 2.99. The molecule has 0 spiro atoms. The van der Waals surface area contributed by atoms with Crippen LogP contribution in [0.3, 0.4) is 0 Å². The highest BCUT2D eigenvalue weighted by molar-refractivity contribution is 5.94. The zero-order valence-electron chi connectivity index (χ0n) is 13.9. The van der Waals surface area contributed by atoms with Crippen molar-refractivity contribution in [2.24, 2.45) is 0 Å². The van der Waals surface area contributed by atoms with Gasteiger partial charge in [0, 0.05) is 37.8 Å². The van der Waals surface area contributed by atoms with Crippen LogP contribution < -0.4 is 5.32 Å². The van der Waals surface area contributed by atoms with Gasteiger partial charge in [-0.25, -0.2) is 0 Å². The van der Waals surface area contributed by atoms with Crippen molar-refractivity contribution in [3.8, 4) is 0 Å². The molecule has 1 N–H and O–H groups in total. The highest BCUT2D eigenvalue weighted by Gasteiger charge is 2.13. The fourth-order valence-corrected chi connectivity index (χ4v) is 2.53. The molecule has 1 amide bonds. The van der Waals surface area contributed by atoms with E-state index in [2.05, 4.69) is 18.3 Å². The lowest BCUT2D eigenvalue weighted by molar-refractivity contribution is 0.0827. The number of rotatable bonds is 5. The lowest BCUT2D eigenvalue weighted by Gasteiger charge is -2.14. The van der Waals surface area contributed by atoms with E-state index in [9.17, 15) is 4.79 Å². The Morgan fingerprint density at radius 3 is 2.59 bits per heavy atom. The molecule has 0 radical (unpaired) electrons. The van der Waals surface area contributed by atoms with Gasteiger partial charge in [-0.05, 0) is 44.5 Å². The molecule has 0 saturated heterocycles. The number of carbonyl (C=O) groups excluding carboxylic acids is 1. The number of furan rings is 1. The van der Waals surface area contributed by atoms with E-state index < -0.39 is 0 Å². The summed E-state index contributed by atoms with van der Waals surface area (Å²) in [5, 5.41) is 3.48. The molecule has 2 aromatic rings. The van der Waals surface area contributed by atoms with Crippen LogP contribution in [-0.4, -0.2) is 24.9 Å². The smallest absolute Gasteiger partial charge is 0.253 e. The van der Waals surface area contributed by atoms with Gasteiger partial charge in [0.25, 0.3) is 5.91 Å². The van der Waals surface area contributed by atoms with Crippen LogP contribution in [0.4, 0.5) is 0 Å². The molecule has 118 valence electrons. The predicted octanol–water partition coefficient (Wildman–Crippen LogP) is 3.45. The first-order valence-electron chi connectivity index (χ1n) is 7.49. The van der Waals surface area contributed by atoms with Crippen LogP contribution in [0.25, 0.3) is 0 Å². The van der Waals surface area contributed by atoms with E-state index >= 15 is 0 Å². The van der Waals surface area contributed by atoms with Crippen molar-refractivity contribution in [1.82, 2.24) is 10.2 Å². The van der Waals surface area contributed by atoms with E-state index in [-0.39, 0.29) is 11.9 Å². The summed E-state index contributed by atoms with van der Waals surface area (Å²) in [4.78, 5) is 13.6. The molecule has 0 saturated carbocycles. The second-order valence-corrected chi connectivity index (χ2v) is 5.87. The first kappa shape index (κ1) is 16.3. The van der Waals surface area contributed by atoms with Crippen LogP contribution in [0.15, 0.2) is 34.7 Å². The third kappa shape index (κ3) is 3.77. The van der Waals surface area contributed by atoms with Crippen molar-refractivity contribution in [1.29, 1.82) is 0 Å². The molecule has 1 atom stereocenters. The molecular weight excluding hydrogens is 276 g/mol. The maximum atomic E-state index is 12.0. The Bertz CT molecular complexity index is 659. The van der Waals surface area contributed by atoms with E-state index in [1.165, 1.54) is 5.56 Å². The number of nitrogens with one attached hydrogen (secondary N) is 1. The number of benzene rings is 1. The molecule has 2 rings (SSSR count). The summed E-state index contributed by atoms with van der Waals surface area (Å²) >= 11 is 0. The van der Waals surface area contributed by atoms with Gasteiger partial charge in [-0.15, -0.1) is 0 Å². The maximum Gasteiger partial charge on any atom is 0.253 e. The Morgan fingerprint density at radius 2 is 2.00 bits per heavy atom. The molecule has 22 heavy (non-hydrogen) atoms. The Morgan fingerprint density at radius 1 is 1.27 bits per heavy atom. The molecule has 1 aromatic heterocycles. The third-order valence-electron chi connectivity index (χ3n) is 3.74. The zero-order chi connectivity index (χ0) is 16.3. The summed E-state index contributed by atoms with van der Waals surface area (Å²) in [5.74, 6) is 1.91. The largest absolute Gasteiger partial charge is 0.466 e. The van der Waals surface area contributed by atoms with Crippen molar-refractivity contribution in [2.45, 2.75) is 33.4 Å². The number of carbonyl (C=O) groups is 1. The second kappa shape index (κ2) is 6.79. The summed E-state index contributed by atoms with van der Waals surface area (Å²) in [6.07, 6.45) is 0. The Balaban J connectivity index is 2.04. The summed E-state index contributed by atoms with van der Waals surface area (Å²) < 4.78 is 5.57. The van der Waals surface area contributed by atoms with Crippen molar-refractivity contribution < 1.29 is 9.21 Å². The molecule has 1 heterocycles. The first-order valence-corrected chi connectivity index (χ1v) is 7.49. The average Bonchev–Trinajstić information content (AvgIpc) is 2.83. The van der Waals surface area contributed by atoms with E-state index in [0.717, 1.165) is 17.1 Å². The SMILES string of the molecule is Cc1cc([C@H](C)NCc2cccc(C(=O)N(C)C)c2)c(C)o1. The van der Waals surface area contributed by atoms with Crippen molar-refractivity contribution in [2.75, 3.05) is 14.1 Å². The minimum absolute atomic E-state index is 0.0243. The molecule has 4 nitrogen and oxygen atoms in total. The molecule has 0 bridgehead atoms. The van der Waals surface area contributed by atoms with E-state index in [1.54, 1.807) is 19.0 Å². The topological polar surface area (TPSA) is 45.5 Å². The molecule has 0 aliphatic heterocycles. The molecule has 0 aliphatic rings. The van der Waals surface area contributed by atoms with Crippen molar-refractivity contribution in [3.63, 3.8) is 0 Å². The Hall–Kier alpha value is -2.07. The molecule has 4 heteroatoms. The molecular formula is C18H24N2O2. The molecule has 1 aromatic carbocycles. The fraction of sp³-hybridized carbons (Fsp3) is 0.389. The normalized spacial score (nSPS) is 12.2. The number of nitrogens with zero attached hydrogens (tertiary/aromatic N) is 1. The third-order valence-corrected chi connectivity index (χ3v) is 3.74. The average molecular weight is 300 g/mol. The molecule has 0 fully saturated rings. The minimum Gasteiger partial charge on any atom is -0.466 e. The van der Waals surface area contributed by atoms with Gasteiger partial charge in [0.05, 0.1) is 0 Å². The van der Waals surface area contributed by atoms with Crippen molar-refractivity contribution >= 4 is 5.91 Å². The molecule has 0 aliphatic carbocycles.